The van der Waals surface area contributed by atoms with Crippen LogP contribution in [0.5, 0.6) is 0 Å². The molecule has 1 aliphatic heterocycles. The molecule has 1 fully saturated rings. The Labute approximate surface area is 169 Å². The monoisotopic (exact) mass is 420 g/mol. The first-order chi connectivity index (χ1) is 14.4. The van der Waals surface area contributed by atoms with Crippen LogP contribution < -0.4 is 0 Å². The van der Waals surface area contributed by atoms with Crippen LogP contribution in [0.2, 0.25) is 0 Å². The van der Waals surface area contributed by atoms with Crippen LogP contribution in [-0.2, 0) is 17.7 Å². The van der Waals surface area contributed by atoms with E-state index >= 15 is 0 Å². The van der Waals surface area contributed by atoms with E-state index in [1.54, 1.807) is 23.4 Å². The van der Waals surface area contributed by atoms with E-state index in [1.807, 2.05) is 0 Å². The second-order valence-corrected chi connectivity index (χ2v) is 6.91. The lowest BCUT2D eigenvalue weighted by atomic mass is 10.1. The Morgan fingerprint density at radius 2 is 1.93 bits per heavy atom. The zero-order valence-corrected chi connectivity index (χ0v) is 16.0. The maximum Gasteiger partial charge on any atom is 0.408 e. The summed E-state index contributed by atoms with van der Waals surface area (Å²) in [5.74, 6) is 0.0934. The quantitative estimate of drug-likeness (QED) is 0.644. The summed E-state index contributed by atoms with van der Waals surface area (Å²) in [4.78, 5) is 26.9. The highest BCUT2D eigenvalue weighted by atomic mass is 19.4. The van der Waals surface area contributed by atoms with Crippen LogP contribution in [-0.4, -0.2) is 68.0 Å². The van der Waals surface area contributed by atoms with E-state index in [1.165, 1.54) is 12.3 Å². The predicted octanol–water partition coefficient (Wildman–Crippen LogP) is 2.24. The number of carbonyl (C=O) groups excluding carboxylic acids is 1. The first-order valence-corrected chi connectivity index (χ1v) is 9.46. The molecule has 1 amide bonds. The lowest BCUT2D eigenvalue weighted by Crippen LogP contribution is -2.33. The van der Waals surface area contributed by atoms with Crippen LogP contribution in [0.1, 0.15) is 28.4 Å². The molecule has 11 heteroatoms. The molecule has 3 aromatic rings. The average molecular weight is 420 g/mol. The largest absolute Gasteiger partial charge is 0.408 e. The first kappa shape index (κ1) is 20.2. The van der Waals surface area contributed by atoms with Crippen molar-refractivity contribution in [2.24, 2.45) is 0 Å². The van der Waals surface area contributed by atoms with Gasteiger partial charge in [0, 0.05) is 43.7 Å². The number of pyridine rings is 1. The van der Waals surface area contributed by atoms with Crippen molar-refractivity contribution in [1.82, 2.24) is 29.6 Å². The number of amides is 1. The number of hydrogen-bond donors (Lipinski definition) is 0. The fourth-order valence-electron chi connectivity index (χ4n) is 3.35. The van der Waals surface area contributed by atoms with Crippen molar-refractivity contribution >= 4 is 16.8 Å². The summed E-state index contributed by atoms with van der Waals surface area (Å²) in [7, 11) is 0. The Kier molecular flexibility index (Phi) is 5.62. The molecular weight excluding hydrogens is 401 g/mol. The van der Waals surface area contributed by atoms with E-state index in [2.05, 4.69) is 20.1 Å². The highest BCUT2D eigenvalue weighted by Crippen LogP contribution is 2.25. The lowest BCUT2D eigenvalue weighted by Gasteiger charge is -2.19. The van der Waals surface area contributed by atoms with Gasteiger partial charge >= 0.3 is 6.18 Å². The van der Waals surface area contributed by atoms with Gasteiger partial charge in [-0.2, -0.15) is 18.3 Å². The van der Waals surface area contributed by atoms with Crippen molar-refractivity contribution in [2.45, 2.75) is 25.6 Å². The summed E-state index contributed by atoms with van der Waals surface area (Å²) in [6.07, 6.45) is 0.889. The van der Waals surface area contributed by atoms with Gasteiger partial charge in [-0.15, -0.1) is 0 Å². The molecule has 0 radical (unpaired) electrons. The molecule has 1 saturated heterocycles. The molecule has 0 spiro atoms. The number of rotatable bonds is 4. The van der Waals surface area contributed by atoms with E-state index in [9.17, 15) is 18.0 Å². The minimum absolute atomic E-state index is 0.0789. The number of halogens is 3. The van der Waals surface area contributed by atoms with Gasteiger partial charge in [-0.1, -0.05) is 0 Å². The Morgan fingerprint density at radius 3 is 2.70 bits per heavy atom. The van der Waals surface area contributed by atoms with Crippen molar-refractivity contribution in [3.8, 4) is 0 Å². The number of hydrogen-bond acceptors (Lipinski definition) is 6. The second-order valence-electron chi connectivity index (χ2n) is 6.91. The summed E-state index contributed by atoms with van der Waals surface area (Å²) in [5, 5.41) is 4.56. The standard InChI is InChI=1S/C19H19F3N6O2/c20-19(21,22)12-28-16-9-15(18(29)27-5-2-7-30-8-6-27)25-11-13(16)14(26-28)10-17-23-3-1-4-24-17/h1,3-4,9,11H,2,5-8,10,12H2. The van der Waals surface area contributed by atoms with E-state index in [0.717, 1.165) is 4.68 Å². The van der Waals surface area contributed by atoms with Crippen LogP contribution in [0.15, 0.2) is 30.7 Å². The Hall–Kier alpha value is -3.08. The first-order valence-electron chi connectivity index (χ1n) is 9.46. The minimum atomic E-state index is -4.46. The number of nitrogens with zero attached hydrogens (tertiary/aromatic N) is 6. The van der Waals surface area contributed by atoms with Gasteiger partial charge in [-0.05, 0) is 18.6 Å². The van der Waals surface area contributed by atoms with Crippen molar-refractivity contribution in [2.75, 3.05) is 26.3 Å². The molecule has 0 N–H and O–H groups in total. The smallest absolute Gasteiger partial charge is 0.380 e. The number of aromatic nitrogens is 5. The van der Waals surface area contributed by atoms with E-state index in [0.29, 0.717) is 49.6 Å². The number of fused-ring (bicyclic) bond motifs is 1. The zero-order chi connectivity index (χ0) is 21.1. The summed E-state index contributed by atoms with van der Waals surface area (Å²) in [6, 6.07) is 3.02. The van der Waals surface area contributed by atoms with Crippen molar-refractivity contribution in [3.63, 3.8) is 0 Å². The molecule has 0 unspecified atom stereocenters. The molecule has 0 aromatic carbocycles. The third kappa shape index (κ3) is 4.56. The molecule has 4 heterocycles. The van der Waals surface area contributed by atoms with Gasteiger partial charge in [0.2, 0.25) is 0 Å². The highest BCUT2D eigenvalue weighted by Gasteiger charge is 2.30. The molecular formula is C19H19F3N6O2. The predicted molar refractivity (Wildman–Crippen MR) is 99.8 cm³/mol. The summed E-state index contributed by atoms with van der Waals surface area (Å²) in [6.45, 7) is 0.642. The third-order valence-electron chi connectivity index (χ3n) is 4.71. The maximum absolute atomic E-state index is 13.1. The third-order valence-corrected chi connectivity index (χ3v) is 4.71. The number of carbonyl (C=O) groups is 1. The number of ether oxygens (including phenoxy) is 1. The van der Waals surface area contributed by atoms with E-state index in [-0.39, 0.29) is 23.5 Å². The molecule has 4 rings (SSSR count). The highest BCUT2D eigenvalue weighted by molar-refractivity contribution is 5.96. The lowest BCUT2D eigenvalue weighted by molar-refractivity contribution is -0.141. The van der Waals surface area contributed by atoms with Crippen LogP contribution >= 0.6 is 0 Å². The summed E-state index contributed by atoms with van der Waals surface area (Å²) >= 11 is 0. The maximum atomic E-state index is 13.1. The SMILES string of the molecule is O=C(c1cc2c(cn1)c(Cc1ncccn1)nn2CC(F)(F)F)N1CCCOCC1. The average Bonchev–Trinajstić information content (AvgIpc) is 2.89. The van der Waals surface area contributed by atoms with Crippen molar-refractivity contribution < 1.29 is 22.7 Å². The Morgan fingerprint density at radius 1 is 1.13 bits per heavy atom. The molecule has 0 saturated carbocycles. The van der Waals surface area contributed by atoms with Gasteiger partial charge in [0.1, 0.15) is 18.1 Å². The van der Waals surface area contributed by atoms with Gasteiger partial charge in [-0.25, -0.2) is 9.97 Å². The van der Waals surface area contributed by atoms with Gasteiger partial charge in [-0.3, -0.25) is 14.5 Å². The van der Waals surface area contributed by atoms with Crippen molar-refractivity contribution in [3.05, 3.63) is 47.9 Å². The molecule has 8 nitrogen and oxygen atoms in total. The topological polar surface area (TPSA) is 86.0 Å². The summed E-state index contributed by atoms with van der Waals surface area (Å²) < 4.78 is 45.5. The van der Waals surface area contributed by atoms with E-state index < -0.39 is 12.7 Å². The molecule has 30 heavy (non-hydrogen) atoms. The van der Waals surface area contributed by atoms with Crippen LogP contribution in [0.25, 0.3) is 10.9 Å². The van der Waals surface area contributed by atoms with Gasteiger partial charge in [0.05, 0.1) is 24.2 Å². The molecule has 1 aliphatic rings. The molecule has 0 atom stereocenters. The fourth-order valence-corrected chi connectivity index (χ4v) is 3.35. The van der Waals surface area contributed by atoms with Gasteiger partial charge in [0.15, 0.2) is 0 Å². The molecule has 158 valence electrons. The molecule has 0 bridgehead atoms. The van der Waals surface area contributed by atoms with Crippen molar-refractivity contribution in [1.29, 1.82) is 0 Å². The van der Waals surface area contributed by atoms with Crippen LogP contribution in [0, 0.1) is 0 Å². The van der Waals surface area contributed by atoms with Gasteiger partial charge < -0.3 is 9.64 Å². The van der Waals surface area contributed by atoms with E-state index in [4.69, 9.17) is 4.74 Å². The molecule has 3 aromatic heterocycles. The minimum Gasteiger partial charge on any atom is -0.380 e. The molecule has 0 aliphatic carbocycles. The fraction of sp³-hybridized carbons (Fsp3) is 0.421. The normalized spacial score (nSPS) is 15.4. The zero-order valence-electron chi connectivity index (χ0n) is 16.0. The Balaban J connectivity index is 1.71. The van der Waals surface area contributed by atoms with Crippen LogP contribution in [0.3, 0.4) is 0 Å². The Bertz CT molecular complexity index is 1030. The van der Waals surface area contributed by atoms with Crippen LogP contribution in [0.4, 0.5) is 13.2 Å². The summed E-state index contributed by atoms with van der Waals surface area (Å²) in [5.41, 5.74) is 0.646. The number of alkyl halides is 3. The van der Waals surface area contributed by atoms with Gasteiger partial charge in [0.25, 0.3) is 5.91 Å². The second kappa shape index (κ2) is 8.34.